The third-order valence-corrected chi connectivity index (χ3v) is 3.20. The Bertz CT molecular complexity index is 596. The number of aromatic amines is 1. The van der Waals surface area contributed by atoms with Crippen LogP contribution in [0.2, 0.25) is 0 Å². The smallest absolute Gasteiger partial charge is 0.253 e. The van der Waals surface area contributed by atoms with Crippen molar-refractivity contribution in [1.82, 2.24) is 10.3 Å². The van der Waals surface area contributed by atoms with Gasteiger partial charge >= 0.3 is 0 Å². The number of nitrogens with one attached hydrogen (secondary N) is 2. The van der Waals surface area contributed by atoms with Crippen LogP contribution in [0, 0.1) is 20.8 Å². The molecule has 0 unspecified atom stereocenters. The van der Waals surface area contributed by atoms with Crippen molar-refractivity contribution in [3.8, 4) is 0 Å². The third-order valence-electron chi connectivity index (χ3n) is 3.20. The van der Waals surface area contributed by atoms with Gasteiger partial charge in [-0.05, 0) is 38.8 Å². The predicted molar refractivity (Wildman–Crippen MR) is 75.1 cm³/mol. The Morgan fingerprint density at radius 3 is 2.67 bits per heavy atom. The van der Waals surface area contributed by atoms with Gasteiger partial charge in [-0.3, -0.25) is 4.79 Å². The molecule has 0 saturated heterocycles. The van der Waals surface area contributed by atoms with Crippen molar-refractivity contribution in [3.05, 3.63) is 34.5 Å². The van der Waals surface area contributed by atoms with Crippen molar-refractivity contribution in [2.24, 2.45) is 0 Å². The molecule has 0 aliphatic rings. The molecule has 1 aromatic heterocycles. The highest BCUT2D eigenvalue weighted by atomic mass is 16.1. The molecular weight excluding hydrogens is 224 g/mol. The Morgan fingerprint density at radius 1 is 1.28 bits per heavy atom. The molecule has 1 aromatic carbocycles. The minimum absolute atomic E-state index is 0.0191. The lowest BCUT2D eigenvalue weighted by Crippen LogP contribution is -2.24. The van der Waals surface area contributed by atoms with E-state index in [0.717, 1.165) is 35.1 Å². The molecule has 0 aliphatic heterocycles. The fourth-order valence-electron chi connectivity index (χ4n) is 2.40. The van der Waals surface area contributed by atoms with E-state index in [1.165, 1.54) is 11.1 Å². The summed E-state index contributed by atoms with van der Waals surface area (Å²) in [5.41, 5.74) is 5.16. The molecule has 0 fully saturated rings. The molecule has 2 N–H and O–H groups in total. The van der Waals surface area contributed by atoms with Gasteiger partial charge < -0.3 is 10.3 Å². The highest BCUT2D eigenvalue weighted by Crippen LogP contribution is 2.26. The Morgan fingerprint density at radius 2 is 2.00 bits per heavy atom. The lowest BCUT2D eigenvalue weighted by atomic mass is 10.0. The summed E-state index contributed by atoms with van der Waals surface area (Å²) in [6.07, 6.45) is 0.950. The van der Waals surface area contributed by atoms with E-state index in [1.54, 1.807) is 0 Å². The van der Waals surface area contributed by atoms with E-state index in [0.29, 0.717) is 0 Å². The van der Waals surface area contributed by atoms with Gasteiger partial charge in [-0.25, -0.2) is 0 Å². The number of hydrogen-bond donors (Lipinski definition) is 2. The molecule has 3 nitrogen and oxygen atoms in total. The number of carbonyl (C=O) groups excluding carboxylic acids is 1. The number of amides is 1. The van der Waals surface area contributed by atoms with E-state index in [-0.39, 0.29) is 5.91 Å². The van der Waals surface area contributed by atoms with Gasteiger partial charge in [0.15, 0.2) is 0 Å². The summed E-state index contributed by atoms with van der Waals surface area (Å²) in [6, 6.07) is 4.21. The van der Waals surface area contributed by atoms with Crippen LogP contribution in [0.1, 0.15) is 40.5 Å². The van der Waals surface area contributed by atoms with Crippen molar-refractivity contribution in [2.45, 2.75) is 34.1 Å². The maximum absolute atomic E-state index is 12.2. The number of benzene rings is 1. The number of aryl methyl sites for hydroxylation is 3. The first-order chi connectivity index (χ1) is 8.54. The predicted octanol–water partition coefficient (Wildman–Crippen LogP) is 3.23. The van der Waals surface area contributed by atoms with Crippen LogP contribution in [0.4, 0.5) is 0 Å². The number of fused-ring (bicyclic) bond motifs is 1. The first-order valence-corrected chi connectivity index (χ1v) is 6.42. The molecule has 2 aromatic rings. The SMILES string of the molecule is CCCNC(=O)c1c(C)[nH]c2c(C)cc(C)cc12. The van der Waals surface area contributed by atoms with E-state index >= 15 is 0 Å². The van der Waals surface area contributed by atoms with Crippen molar-refractivity contribution in [2.75, 3.05) is 6.54 Å². The van der Waals surface area contributed by atoms with Crippen molar-refractivity contribution >= 4 is 16.8 Å². The Labute approximate surface area is 108 Å². The Kier molecular flexibility index (Phi) is 3.41. The van der Waals surface area contributed by atoms with E-state index < -0.39 is 0 Å². The van der Waals surface area contributed by atoms with E-state index in [4.69, 9.17) is 0 Å². The average molecular weight is 244 g/mol. The normalized spacial score (nSPS) is 10.9. The summed E-state index contributed by atoms with van der Waals surface area (Å²) in [5, 5.41) is 3.97. The molecule has 1 amide bonds. The molecule has 0 atom stereocenters. The summed E-state index contributed by atoms with van der Waals surface area (Å²) >= 11 is 0. The number of hydrogen-bond acceptors (Lipinski definition) is 1. The fourth-order valence-corrected chi connectivity index (χ4v) is 2.40. The number of aromatic nitrogens is 1. The number of H-pyrrole nitrogens is 1. The molecule has 2 rings (SSSR count). The van der Waals surface area contributed by atoms with Crippen LogP contribution in [0.5, 0.6) is 0 Å². The number of carbonyl (C=O) groups is 1. The third kappa shape index (κ3) is 2.13. The molecule has 3 heteroatoms. The zero-order valence-electron chi connectivity index (χ0n) is 11.5. The van der Waals surface area contributed by atoms with E-state index in [2.05, 4.69) is 43.2 Å². The van der Waals surface area contributed by atoms with Crippen LogP contribution in [0.25, 0.3) is 10.9 Å². The molecular formula is C15H20N2O. The standard InChI is InChI=1S/C15H20N2O/c1-5-6-16-15(18)13-11(4)17-14-10(3)7-9(2)8-12(13)14/h7-8,17H,5-6H2,1-4H3,(H,16,18). The van der Waals surface area contributed by atoms with Crippen LogP contribution in [-0.2, 0) is 0 Å². The average Bonchev–Trinajstić information content (AvgIpc) is 2.63. The summed E-state index contributed by atoms with van der Waals surface area (Å²) in [7, 11) is 0. The van der Waals surface area contributed by atoms with E-state index in [1.807, 2.05) is 6.92 Å². The summed E-state index contributed by atoms with van der Waals surface area (Å²) in [4.78, 5) is 15.5. The van der Waals surface area contributed by atoms with Gasteiger partial charge in [0.1, 0.15) is 0 Å². The quantitative estimate of drug-likeness (QED) is 0.855. The maximum atomic E-state index is 12.2. The van der Waals surface area contributed by atoms with Crippen molar-refractivity contribution in [1.29, 1.82) is 0 Å². The Balaban J connectivity index is 2.56. The van der Waals surface area contributed by atoms with Crippen LogP contribution < -0.4 is 5.32 Å². The van der Waals surface area contributed by atoms with Crippen LogP contribution in [0.15, 0.2) is 12.1 Å². The van der Waals surface area contributed by atoms with Crippen molar-refractivity contribution in [3.63, 3.8) is 0 Å². The molecule has 0 saturated carbocycles. The second-order valence-corrected chi connectivity index (χ2v) is 4.89. The minimum Gasteiger partial charge on any atom is -0.358 e. The van der Waals surface area contributed by atoms with Gasteiger partial charge in [-0.15, -0.1) is 0 Å². The summed E-state index contributed by atoms with van der Waals surface area (Å²) in [6.45, 7) is 8.85. The lowest BCUT2D eigenvalue weighted by Gasteiger charge is -2.04. The van der Waals surface area contributed by atoms with E-state index in [9.17, 15) is 4.79 Å². The first-order valence-electron chi connectivity index (χ1n) is 6.42. The second-order valence-electron chi connectivity index (χ2n) is 4.89. The van der Waals surface area contributed by atoms with Crippen LogP contribution >= 0.6 is 0 Å². The fraction of sp³-hybridized carbons (Fsp3) is 0.400. The van der Waals surface area contributed by atoms with Gasteiger partial charge in [0.05, 0.1) is 5.56 Å². The van der Waals surface area contributed by atoms with Gasteiger partial charge in [0.25, 0.3) is 5.91 Å². The minimum atomic E-state index is 0.0191. The lowest BCUT2D eigenvalue weighted by molar-refractivity contribution is 0.0955. The van der Waals surface area contributed by atoms with Gasteiger partial charge in [0.2, 0.25) is 0 Å². The molecule has 0 spiro atoms. The zero-order chi connectivity index (χ0) is 13.3. The van der Waals surface area contributed by atoms with Gasteiger partial charge in [-0.1, -0.05) is 18.6 Å². The largest absolute Gasteiger partial charge is 0.358 e. The monoisotopic (exact) mass is 244 g/mol. The Hall–Kier alpha value is -1.77. The van der Waals surface area contributed by atoms with Gasteiger partial charge in [0, 0.05) is 23.1 Å². The second kappa shape index (κ2) is 4.84. The summed E-state index contributed by atoms with van der Waals surface area (Å²) in [5.74, 6) is 0.0191. The molecule has 0 bridgehead atoms. The van der Waals surface area contributed by atoms with Crippen LogP contribution in [0.3, 0.4) is 0 Å². The van der Waals surface area contributed by atoms with Crippen molar-refractivity contribution < 1.29 is 4.79 Å². The first kappa shape index (κ1) is 12.7. The van der Waals surface area contributed by atoms with Crippen LogP contribution in [-0.4, -0.2) is 17.4 Å². The van der Waals surface area contributed by atoms with Gasteiger partial charge in [-0.2, -0.15) is 0 Å². The summed E-state index contributed by atoms with van der Waals surface area (Å²) < 4.78 is 0. The highest BCUT2D eigenvalue weighted by molar-refractivity contribution is 6.08. The molecule has 0 radical (unpaired) electrons. The molecule has 96 valence electrons. The zero-order valence-corrected chi connectivity index (χ0v) is 11.5. The number of rotatable bonds is 3. The molecule has 0 aliphatic carbocycles. The maximum Gasteiger partial charge on any atom is 0.253 e. The molecule has 18 heavy (non-hydrogen) atoms. The highest BCUT2D eigenvalue weighted by Gasteiger charge is 2.16. The topological polar surface area (TPSA) is 44.9 Å². The molecule has 1 heterocycles.